The number of amides is 1. The lowest BCUT2D eigenvalue weighted by Crippen LogP contribution is -2.51. The molecule has 8 heteroatoms. The Morgan fingerprint density at radius 2 is 1.90 bits per heavy atom. The van der Waals surface area contributed by atoms with Gasteiger partial charge < -0.3 is 4.90 Å². The third-order valence-corrected chi connectivity index (χ3v) is 3.72. The molecule has 0 aliphatic carbocycles. The Morgan fingerprint density at radius 3 is 2.43 bits per heavy atom. The van der Waals surface area contributed by atoms with Crippen molar-refractivity contribution in [3.05, 3.63) is 28.5 Å². The predicted molar refractivity (Wildman–Crippen MR) is 74.7 cm³/mol. The molecule has 116 valence electrons. The highest BCUT2D eigenvalue weighted by Gasteiger charge is 2.32. The van der Waals surface area contributed by atoms with Crippen molar-refractivity contribution in [2.24, 2.45) is 0 Å². The van der Waals surface area contributed by atoms with E-state index in [1.165, 1.54) is 4.90 Å². The number of carbonyl (C=O) groups excluding carboxylic acids is 1. The molecule has 0 unspecified atom stereocenters. The van der Waals surface area contributed by atoms with Gasteiger partial charge >= 0.3 is 6.18 Å². The highest BCUT2D eigenvalue weighted by atomic mass is 79.9. The first-order valence-electron chi connectivity index (χ1n) is 6.51. The van der Waals surface area contributed by atoms with E-state index < -0.39 is 12.7 Å². The minimum atomic E-state index is -4.19. The van der Waals surface area contributed by atoms with E-state index in [1.807, 2.05) is 0 Å². The Balaban J connectivity index is 1.81. The van der Waals surface area contributed by atoms with Gasteiger partial charge in [0.15, 0.2) is 0 Å². The Kier molecular flexibility index (Phi) is 5.21. The van der Waals surface area contributed by atoms with Crippen LogP contribution in [0.15, 0.2) is 22.8 Å². The minimum absolute atomic E-state index is 0.100. The molecule has 1 aliphatic rings. The number of nitrogens with zero attached hydrogens (tertiary/aromatic N) is 3. The summed E-state index contributed by atoms with van der Waals surface area (Å²) < 4.78 is 37.7. The van der Waals surface area contributed by atoms with Gasteiger partial charge in [-0.3, -0.25) is 14.7 Å². The number of halogens is 4. The molecule has 0 radical (unpaired) electrons. The van der Waals surface area contributed by atoms with E-state index in [1.54, 1.807) is 23.2 Å². The number of aromatic nitrogens is 1. The summed E-state index contributed by atoms with van der Waals surface area (Å²) in [7, 11) is 0. The number of hydrogen-bond donors (Lipinski definition) is 0. The van der Waals surface area contributed by atoms with E-state index in [0.717, 1.165) is 4.47 Å². The van der Waals surface area contributed by atoms with Crippen LogP contribution >= 0.6 is 15.9 Å². The van der Waals surface area contributed by atoms with E-state index in [2.05, 4.69) is 20.9 Å². The molecule has 0 atom stereocenters. The fourth-order valence-electron chi connectivity index (χ4n) is 2.19. The van der Waals surface area contributed by atoms with Crippen LogP contribution < -0.4 is 0 Å². The van der Waals surface area contributed by atoms with Crippen molar-refractivity contribution in [3.63, 3.8) is 0 Å². The molecule has 1 aromatic rings. The van der Waals surface area contributed by atoms with E-state index in [0.29, 0.717) is 18.8 Å². The smallest absolute Gasteiger partial charge is 0.340 e. The summed E-state index contributed by atoms with van der Waals surface area (Å²) in [6.45, 7) is 0.234. The summed E-state index contributed by atoms with van der Waals surface area (Å²) in [4.78, 5) is 19.1. The van der Waals surface area contributed by atoms with Crippen LogP contribution in [0.25, 0.3) is 0 Å². The van der Waals surface area contributed by atoms with E-state index in [-0.39, 0.29) is 25.4 Å². The quantitative estimate of drug-likeness (QED) is 0.822. The SMILES string of the molecule is O=C(Cc1ccc(Br)cn1)N1CCN(CC(F)(F)F)CC1. The molecule has 1 aromatic heterocycles. The molecule has 0 bridgehead atoms. The van der Waals surface area contributed by atoms with Gasteiger partial charge in [-0.2, -0.15) is 13.2 Å². The number of alkyl halides is 3. The van der Waals surface area contributed by atoms with Crippen molar-refractivity contribution in [2.45, 2.75) is 12.6 Å². The number of carbonyl (C=O) groups is 1. The van der Waals surface area contributed by atoms with Crippen molar-refractivity contribution in [2.75, 3.05) is 32.7 Å². The largest absolute Gasteiger partial charge is 0.401 e. The van der Waals surface area contributed by atoms with E-state index in [4.69, 9.17) is 0 Å². The molecular weight excluding hydrogens is 351 g/mol. The van der Waals surface area contributed by atoms with Gasteiger partial charge in [0, 0.05) is 42.5 Å². The zero-order valence-corrected chi connectivity index (χ0v) is 12.8. The van der Waals surface area contributed by atoms with Gasteiger partial charge in [-0.05, 0) is 28.1 Å². The van der Waals surface area contributed by atoms with Crippen LogP contribution in [0, 0.1) is 0 Å². The topological polar surface area (TPSA) is 36.4 Å². The van der Waals surface area contributed by atoms with Crippen molar-refractivity contribution in [1.29, 1.82) is 0 Å². The normalized spacial score (nSPS) is 17.0. The lowest BCUT2D eigenvalue weighted by Gasteiger charge is -2.35. The third-order valence-electron chi connectivity index (χ3n) is 3.25. The Labute approximate surface area is 129 Å². The second-order valence-corrected chi connectivity index (χ2v) is 5.83. The van der Waals surface area contributed by atoms with Gasteiger partial charge in [0.2, 0.25) is 5.91 Å². The molecule has 0 saturated carbocycles. The second-order valence-electron chi connectivity index (χ2n) is 4.92. The van der Waals surface area contributed by atoms with Gasteiger partial charge in [0.25, 0.3) is 0 Å². The molecular formula is C13H15BrF3N3O. The van der Waals surface area contributed by atoms with Crippen LogP contribution in [-0.2, 0) is 11.2 Å². The molecule has 1 saturated heterocycles. The molecule has 0 aromatic carbocycles. The molecule has 1 aliphatic heterocycles. The molecule has 2 rings (SSSR count). The maximum atomic E-state index is 12.3. The molecule has 21 heavy (non-hydrogen) atoms. The first-order valence-corrected chi connectivity index (χ1v) is 7.30. The molecule has 4 nitrogen and oxygen atoms in total. The Bertz CT molecular complexity index is 484. The number of rotatable bonds is 3. The van der Waals surface area contributed by atoms with Gasteiger partial charge in [-0.25, -0.2) is 0 Å². The maximum Gasteiger partial charge on any atom is 0.401 e. The fraction of sp³-hybridized carbons (Fsp3) is 0.538. The van der Waals surface area contributed by atoms with Gasteiger partial charge in [0.1, 0.15) is 0 Å². The van der Waals surface area contributed by atoms with Gasteiger partial charge in [-0.15, -0.1) is 0 Å². The van der Waals surface area contributed by atoms with Crippen LogP contribution in [0.2, 0.25) is 0 Å². The third kappa shape index (κ3) is 5.28. The standard InChI is InChI=1S/C13H15BrF3N3O/c14-10-1-2-11(18-8-10)7-12(21)20-5-3-19(4-6-20)9-13(15,16)17/h1-2,8H,3-7,9H2. The average Bonchev–Trinajstić information content (AvgIpc) is 2.40. The molecule has 1 fully saturated rings. The summed E-state index contributed by atoms with van der Waals surface area (Å²) in [6.07, 6.45) is -2.40. The van der Waals surface area contributed by atoms with E-state index >= 15 is 0 Å². The highest BCUT2D eigenvalue weighted by Crippen LogP contribution is 2.17. The van der Waals surface area contributed by atoms with Crippen molar-refractivity contribution in [3.8, 4) is 0 Å². The summed E-state index contributed by atoms with van der Waals surface area (Å²) in [5.74, 6) is -0.100. The fourth-order valence-corrected chi connectivity index (χ4v) is 2.42. The van der Waals surface area contributed by atoms with Crippen molar-refractivity contribution < 1.29 is 18.0 Å². The first kappa shape index (κ1) is 16.2. The van der Waals surface area contributed by atoms with Gasteiger partial charge in [-0.1, -0.05) is 0 Å². The van der Waals surface area contributed by atoms with Crippen LogP contribution in [0.3, 0.4) is 0 Å². The number of hydrogen-bond acceptors (Lipinski definition) is 3. The predicted octanol–water partition coefficient (Wildman–Crippen LogP) is 2.09. The van der Waals surface area contributed by atoms with Gasteiger partial charge in [0.05, 0.1) is 13.0 Å². The zero-order valence-electron chi connectivity index (χ0n) is 11.2. The molecule has 0 spiro atoms. The Hall–Kier alpha value is -1.15. The lowest BCUT2D eigenvalue weighted by molar-refractivity contribution is -0.151. The minimum Gasteiger partial charge on any atom is -0.340 e. The summed E-state index contributed by atoms with van der Waals surface area (Å²) in [6, 6.07) is 3.55. The van der Waals surface area contributed by atoms with Crippen LogP contribution in [0.1, 0.15) is 5.69 Å². The van der Waals surface area contributed by atoms with E-state index in [9.17, 15) is 18.0 Å². The zero-order chi connectivity index (χ0) is 15.5. The van der Waals surface area contributed by atoms with Crippen molar-refractivity contribution in [1.82, 2.24) is 14.8 Å². The summed E-state index contributed by atoms with van der Waals surface area (Å²) in [5.41, 5.74) is 0.654. The molecule has 2 heterocycles. The average molecular weight is 366 g/mol. The second kappa shape index (κ2) is 6.74. The summed E-state index contributed by atoms with van der Waals surface area (Å²) >= 11 is 3.26. The summed E-state index contributed by atoms with van der Waals surface area (Å²) in [5, 5.41) is 0. The Morgan fingerprint density at radius 1 is 1.24 bits per heavy atom. The number of pyridine rings is 1. The van der Waals surface area contributed by atoms with Crippen LogP contribution in [0.4, 0.5) is 13.2 Å². The van der Waals surface area contributed by atoms with Crippen LogP contribution in [0.5, 0.6) is 0 Å². The monoisotopic (exact) mass is 365 g/mol. The lowest BCUT2D eigenvalue weighted by atomic mass is 10.2. The molecule has 1 amide bonds. The maximum absolute atomic E-state index is 12.3. The van der Waals surface area contributed by atoms with Crippen molar-refractivity contribution >= 4 is 21.8 Å². The highest BCUT2D eigenvalue weighted by molar-refractivity contribution is 9.10. The molecule has 0 N–H and O–H groups in total. The number of piperazine rings is 1. The van der Waals surface area contributed by atoms with Crippen LogP contribution in [-0.4, -0.2) is 59.6 Å². The first-order chi connectivity index (χ1) is 9.83.